The van der Waals surface area contributed by atoms with Crippen LogP contribution in [0.4, 0.5) is 10.5 Å². The zero-order valence-electron chi connectivity index (χ0n) is 13.1. The number of carbonyl (C=O) groups excluding carboxylic acids is 1. The van der Waals surface area contributed by atoms with Gasteiger partial charge in [-0.2, -0.15) is 5.10 Å². The molecule has 6 heteroatoms. The Kier molecular flexibility index (Phi) is 3.52. The molecule has 3 heterocycles. The number of piperidine rings is 1. The SMILES string of the molecule is O=C(Nc1cn[nH]c1-c1ccccn1)N1CCCCC12CCC2. The number of anilines is 1. The van der Waals surface area contributed by atoms with Crippen molar-refractivity contribution in [3.05, 3.63) is 30.6 Å². The third-order valence-electron chi connectivity index (χ3n) is 5.18. The van der Waals surface area contributed by atoms with Crippen LogP contribution < -0.4 is 5.32 Å². The summed E-state index contributed by atoms with van der Waals surface area (Å²) < 4.78 is 0. The van der Waals surface area contributed by atoms with Gasteiger partial charge >= 0.3 is 6.03 Å². The number of hydrogen-bond acceptors (Lipinski definition) is 3. The van der Waals surface area contributed by atoms with Crippen LogP contribution in [0.15, 0.2) is 30.6 Å². The fraction of sp³-hybridized carbons (Fsp3) is 0.471. The van der Waals surface area contributed by atoms with E-state index in [0.717, 1.165) is 43.6 Å². The molecule has 0 unspecified atom stereocenters. The Labute approximate surface area is 135 Å². The predicted octanol–water partition coefficient (Wildman–Crippen LogP) is 3.41. The van der Waals surface area contributed by atoms with Crippen LogP contribution in [0.25, 0.3) is 11.4 Å². The minimum atomic E-state index is -0.0111. The third-order valence-corrected chi connectivity index (χ3v) is 5.18. The number of H-pyrrole nitrogens is 1. The molecule has 0 atom stereocenters. The Balaban J connectivity index is 1.55. The van der Waals surface area contributed by atoms with E-state index in [1.165, 1.54) is 12.8 Å². The number of aromatic amines is 1. The van der Waals surface area contributed by atoms with Crippen molar-refractivity contribution in [3.63, 3.8) is 0 Å². The van der Waals surface area contributed by atoms with Crippen molar-refractivity contribution < 1.29 is 4.79 Å². The van der Waals surface area contributed by atoms with Crippen LogP contribution in [0.3, 0.4) is 0 Å². The van der Waals surface area contributed by atoms with Gasteiger partial charge in [0, 0.05) is 18.3 Å². The van der Waals surface area contributed by atoms with Crippen LogP contribution in [0.2, 0.25) is 0 Å². The molecule has 1 saturated heterocycles. The van der Waals surface area contributed by atoms with Crippen LogP contribution >= 0.6 is 0 Å². The van der Waals surface area contributed by atoms with Crippen LogP contribution in [0.1, 0.15) is 38.5 Å². The monoisotopic (exact) mass is 311 g/mol. The van der Waals surface area contributed by atoms with Crippen LogP contribution in [-0.4, -0.2) is 38.2 Å². The van der Waals surface area contributed by atoms with Crippen molar-refractivity contribution in [3.8, 4) is 11.4 Å². The summed E-state index contributed by atoms with van der Waals surface area (Å²) in [5.41, 5.74) is 2.32. The van der Waals surface area contributed by atoms with Gasteiger partial charge in [-0.25, -0.2) is 4.79 Å². The summed E-state index contributed by atoms with van der Waals surface area (Å²) >= 11 is 0. The van der Waals surface area contributed by atoms with Gasteiger partial charge in [-0.3, -0.25) is 10.1 Å². The van der Waals surface area contributed by atoms with E-state index in [4.69, 9.17) is 0 Å². The standard InChI is InChI=1S/C17H21N5O/c23-16(22-11-4-2-7-17(22)8-5-9-17)20-14-12-19-21-15(14)13-6-1-3-10-18-13/h1,3,6,10,12H,2,4-5,7-9,11H2,(H,19,21)(H,20,23). The minimum absolute atomic E-state index is 0.0111. The number of carbonyl (C=O) groups is 1. The maximum Gasteiger partial charge on any atom is 0.322 e. The van der Waals surface area contributed by atoms with E-state index >= 15 is 0 Å². The molecule has 2 amide bonds. The summed E-state index contributed by atoms with van der Waals surface area (Å²) in [6.07, 6.45) is 10.3. The molecule has 120 valence electrons. The number of urea groups is 1. The Morgan fingerprint density at radius 1 is 1.22 bits per heavy atom. The second kappa shape index (κ2) is 5.68. The average molecular weight is 311 g/mol. The van der Waals surface area contributed by atoms with E-state index in [9.17, 15) is 4.79 Å². The normalized spacial score (nSPS) is 19.4. The lowest BCUT2D eigenvalue weighted by Gasteiger charge is -2.53. The van der Waals surface area contributed by atoms with Gasteiger partial charge in [-0.05, 0) is 50.7 Å². The highest BCUT2D eigenvalue weighted by atomic mass is 16.2. The van der Waals surface area contributed by atoms with Gasteiger partial charge in [-0.15, -0.1) is 0 Å². The van der Waals surface area contributed by atoms with Gasteiger partial charge in [0.2, 0.25) is 0 Å². The number of hydrogen-bond donors (Lipinski definition) is 2. The summed E-state index contributed by atoms with van der Waals surface area (Å²) in [4.78, 5) is 19.2. The maximum atomic E-state index is 12.8. The third kappa shape index (κ3) is 2.48. The molecule has 2 aromatic rings. The second-order valence-corrected chi connectivity index (χ2v) is 6.49. The molecule has 1 saturated carbocycles. The Bertz CT molecular complexity index is 692. The molecule has 1 aliphatic carbocycles. The van der Waals surface area contributed by atoms with Gasteiger partial charge in [0.1, 0.15) is 5.69 Å². The zero-order chi connectivity index (χ0) is 15.7. The number of nitrogens with zero attached hydrogens (tertiary/aromatic N) is 3. The van der Waals surface area contributed by atoms with E-state index in [0.29, 0.717) is 5.69 Å². The Hall–Kier alpha value is -2.37. The molecule has 0 aromatic carbocycles. The zero-order valence-corrected chi connectivity index (χ0v) is 13.1. The molecular formula is C17H21N5O. The van der Waals surface area contributed by atoms with E-state index in [-0.39, 0.29) is 11.6 Å². The lowest BCUT2D eigenvalue weighted by molar-refractivity contribution is 0.0199. The van der Waals surface area contributed by atoms with Crippen molar-refractivity contribution >= 4 is 11.7 Å². The van der Waals surface area contributed by atoms with Crippen molar-refractivity contribution in [1.82, 2.24) is 20.1 Å². The van der Waals surface area contributed by atoms with Gasteiger partial charge in [0.25, 0.3) is 0 Å². The van der Waals surface area contributed by atoms with Gasteiger partial charge in [0.05, 0.1) is 17.6 Å². The molecule has 1 aliphatic heterocycles. The number of likely N-dealkylation sites (tertiary alicyclic amines) is 1. The Morgan fingerprint density at radius 3 is 2.83 bits per heavy atom. The minimum Gasteiger partial charge on any atom is -0.319 e. The van der Waals surface area contributed by atoms with Gasteiger partial charge in [0.15, 0.2) is 0 Å². The number of aromatic nitrogens is 3. The molecule has 6 nitrogen and oxygen atoms in total. The lowest BCUT2D eigenvalue weighted by atomic mass is 9.70. The van der Waals surface area contributed by atoms with E-state index in [2.05, 4.69) is 25.4 Å². The largest absolute Gasteiger partial charge is 0.322 e. The van der Waals surface area contributed by atoms with Crippen LogP contribution in [-0.2, 0) is 0 Å². The fourth-order valence-corrected chi connectivity index (χ4v) is 3.79. The highest BCUT2D eigenvalue weighted by Gasteiger charge is 2.46. The quantitative estimate of drug-likeness (QED) is 0.892. The molecule has 2 N–H and O–H groups in total. The molecule has 1 spiro atoms. The van der Waals surface area contributed by atoms with Crippen LogP contribution in [0.5, 0.6) is 0 Å². The summed E-state index contributed by atoms with van der Waals surface area (Å²) in [7, 11) is 0. The first-order valence-electron chi connectivity index (χ1n) is 8.32. The molecule has 23 heavy (non-hydrogen) atoms. The fourth-order valence-electron chi connectivity index (χ4n) is 3.79. The number of pyridine rings is 1. The van der Waals surface area contributed by atoms with E-state index < -0.39 is 0 Å². The van der Waals surface area contributed by atoms with E-state index in [1.54, 1.807) is 12.4 Å². The molecule has 2 aromatic heterocycles. The van der Waals surface area contributed by atoms with E-state index in [1.807, 2.05) is 18.2 Å². The molecule has 4 rings (SSSR count). The average Bonchev–Trinajstić information content (AvgIpc) is 3.02. The highest BCUT2D eigenvalue weighted by Crippen LogP contribution is 2.44. The molecule has 2 aliphatic rings. The van der Waals surface area contributed by atoms with Crippen molar-refractivity contribution in [1.29, 1.82) is 0 Å². The first-order valence-corrected chi connectivity index (χ1v) is 8.32. The highest BCUT2D eigenvalue weighted by molar-refractivity contribution is 5.93. The maximum absolute atomic E-state index is 12.8. The summed E-state index contributed by atoms with van der Waals surface area (Å²) in [5.74, 6) is 0. The summed E-state index contributed by atoms with van der Waals surface area (Å²) in [6, 6.07) is 5.68. The van der Waals surface area contributed by atoms with Crippen LogP contribution in [0, 0.1) is 0 Å². The first-order chi connectivity index (χ1) is 11.3. The van der Waals surface area contributed by atoms with Crippen molar-refractivity contribution in [2.45, 2.75) is 44.1 Å². The number of rotatable bonds is 2. The Morgan fingerprint density at radius 2 is 2.09 bits per heavy atom. The molecule has 0 radical (unpaired) electrons. The molecule has 0 bridgehead atoms. The van der Waals surface area contributed by atoms with Gasteiger partial charge in [-0.1, -0.05) is 6.07 Å². The number of nitrogens with one attached hydrogen (secondary N) is 2. The summed E-state index contributed by atoms with van der Waals surface area (Å²) in [5, 5.41) is 10.0. The second-order valence-electron chi connectivity index (χ2n) is 6.49. The molecule has 2 fully saturated rings. The topological polar surface area (TPSA) is 73.9 Å². The first kappa shape index (κ1) is 14.2. The lowest BCUT2D eigenvalue weighted by Crippen LogP contribution is -2.59. The smallest absolute Gasteiger partial charge is 0.319 e. The predicted molar refractivity (Wildman–Crippen MR) is 88.0 cm³/mol. The number of amides is 2. The summed E-state index contributed by atoms with van der Waals surface area (Å²) in [6.45, 7) is 0.850. The van der Waals surface area contributed by atoms with Gasteiger partial charge < -0.3 is 10.2 Å². The van der Waals surface area contributed by atoms with Crippen molar-refractivity contribution in [2.24, 2.45) is 0 Å². The molecular weight excluding hydrogens is 290 g/mol. The van der Waals surface area contributed by atoms with Crippen molar-refractivity contribution in [2.75, 3.05) is 11.9 Å².